The number of aliphatic hydroxyl groups excluding tert-OH is 5. The van der Waals surface area contributed by atoms with Crippen molar-refractivity contribution >= 4 is 33.4 Å². The van der Waals surface area contributed by atoms with Gasteiger partial charge in [0.25, 0.3) is 0 Å². The maximum absolute atomic E-state index is 12.8. The highest BCUT2D eigenvalue weighted by molar-refractivity contribution is 7.61. The van der Waals surface area contributed by atoms with E-state index >= 15 is 0 Å². The third-order valence-electron chi connectivity index (χ3n) is 10.1. The number of allylic oxidation sites excluding steroid dienone is 7. The van der Waals surface area contributed by atoms with Crippen molar-refractivity contribution < 1.29 is 81.6 Å². The molecule has 0 aromatic carbocycles. The van der Waals surface area contributed by atoms with E-state index in [1.54, 1.807) is 36.5 Å². The zero-order chi connectivity index (χ0) is 50.5. The molecule has 1 aliphatic rings. The second-order valence-electron chi connectivity index (χ2n) is 16.6. The Labute approximate surface area is 398 Å². The number of nitrogen functional groups attached to an aromatic ring is 1. The van der Waals surface area contributed by atoms with Crippen LogP contribution in [-0.4, -0.2) is 119 Å². The zero-order valence-corrected chi connectivity index (χ0v) is 40.9. The van der Waals surface area contributed by atoms with Crippen molar-refractivity contribution in [1.82, 2.24) is 9.55 Å². The van der Waals surface area contributed by atoms with Gasteiger partial charge in [0.2, 0.25) is 0 Å². The molecule has 0 aliphatic carbocycles. The van der Waals surface area contributed by atoms with Crippen LogP contribution in [0.4, 0.5) is 5.82 Å². The number of aliphatic hydroxyl groups is 5. The highest BCUT2D eigenvalue weighted by Gasteiger charge is 2.46. The molecule has 2 unspecified atom stereocenters. The fraction of sp³-hybridized carbons (Fsp3) is 0.644. The molecule has 1 aromatic heterocycles. The summed E-state index contributed by atoms with van der Waals surface area (Å²) < 4.78 is 56.2. The first-order chi connectivity index (χ1) is 32.2. The number of anilines is 1. The molecule has 1 aromatic rings. The number of ether oxygens (including phenoxy) is 3. The van der Waals surface area contributed by atoms with Crippen molar-refractivity contribution in [3.05, 3.63) is 83.5 Å². The maximum Gasteiger partial charge on any atom is 0.481 e. The monoisotopic (exact) mass is 1010 g/mol. The molecule has 23 heteroatoms. The topological polar surface area (TPSA) is 326 Å². The van der Waals surface area contributed by atoms with Crippen LogP contribution in [0.25, 0.3) is 0 Å². The molecule has 0 bridgehead atoms. The van der Waals surface area contributed by atoms with Crippen LogP contribution in [-0.2, 0) is 46.3 Å². The van der Waals surface area contributed by atoms with E-state index in [2.05, 4.69) is 23.1 Å². The Kier molecular flexibility index (Phi) is 29.4. The van der Waals surface area contributed by atoms with Crippen molar-refractivity contribution in [2.75, 3.05) is 25.6 Å². The van der Waals surface area contributed by atoms with Crippen LogP contribution < -0.4 is 11.4 Å². The summed E-state index contributed by atoms with van der Waals surface area (Å²) in [4.78, 5) is 61.7. The fourth-order valence-corrected chi connectivity index (χ4v) is 8.54. The van der Waals surface area contributed by atoms with Gasteiger partial charge in [0.1, 0.15) is 30.7 Å². The van der Waals surface area contributed by atoms with E-state index in [9.17, 15) is 58.8 Å². The van der Waals surface area contributed by atoms with Crippen LogP contribution in [0.1, 0.15) is 117 Å². The predicted molar refractivity (Wildman–Crippen MR) is 251 cm³/mol. The number of carbonyl (C=O) groups is 2. The summed E-state index contributed by atoms with van der Waals surface area (Å²) in [5.74, 6) is -1.00. The number of hydrogen-bond acceptors (Lipinski definition) is 18. The van der Waals surface area contributed by atoms with Gasteiger partial charge >= 0.3 is 33.3 Å². The molecule has 21 nitrogen and oxygen atoms in total. The van der Waals surface area contributed by atoms with E-state index in [1.165, 1.54) is 24.6 Å². The van der Waals surface area contributed by atoms with Crippen molar-refractivity contribution in [3.63, 3.8) is 0 Å². The average molecular weight is 1010 g/mol. The third kappa shape index (κ3) is 26.4. The van der Waals surface area contributed by atoms with E-state index in [4.69, 9.17) is 29.0 Å². The molecule has 9 N–H and O–H groups in total. The number of phosphoric ester groups is 2. The van der Waals surface area contributed by atoms with E-state index in [-0.39, 0.29) is 31.5 Å². The lowest BCUT2D eigenvalue weighted by Crippen LogP contribution is -2.36. The Balaban J connectivity index is 1.91. The Bertz CT molecular complexity index is 1940. The molecule has 2 heterocycles. The van der Waals surface area contributed by atoms with Crippen LogP contribution in [0.5, 0.6) is 0 Å². The van der Waals surface area contributed by atoms with Gasteiger partial charge in [-0.3, -0.25) is 23.2 Å². The minimum Gasteiger partial charge on any atom is -0.462 e. The second-order valence-corrected chi connectivity index (χ2v) is 19.6. The van der Waals surface area contributed by atoms with Crippen molar-refractivity contribution in [3.8, 4) is 0 Å². The quantitative estimate of drug-likeness (QED) is 0.0143. The Morgan fingerprint density at radius 1 is 0.824 bits per heavy atom. The summed E-state index contributed by atoms with van der Waals surface area (Å²) >= 11 is 0. The van der Waals surface area contributed by atoms with Gasteiger partial charge in [-0.2, -0.15) is 9.29 Å². The third-order valence-corrected chi connectivity index (χ3v) is 12.7. The molecule has 0 amide bonds. The number of phosphoric acid groups is 2. The second kappa shape index (κ2) is 33.0. The molecular weight excluding hydrogens is 932 g/mol. The number of aromatic nitrogens is 2. The van der Waals surface area contributed by atoms with Gasteiger partial charge in [-0.25, -0.2) is 13.9 Å². The van der Waals surface area contributed by atoms with Gasteiger partial charge in [0.05, 0.1) is 31.5 Å². The van der Waals surface area contributed by atoms with E-state index in [1.807, 2.05) is 19.1 Å². The average Bonchev–Trinajstić information content (AvgIpc) is 3.55. The summed E-state index contributed by atoms with van der Waals surface area (Å²) in [5, 5.41) is 51.4. The minimum absolute atomic E-state index is 0.00563. The summed E-state index contributed by atoms with van der Waals surface area (Å²) in [5.41, 5.74) is 4.54. The predicted octanol–water partition coefficient (Wildman–Crippen LogP) is 5.15. The van der Waals surface area contributed by atoms with Gasteiger partial charge in [0.15, 0.2) is 12.3 Å². The summed E-state index contributed by atoms with van der Waals surface area (Å²) in [7, 11) is -11.0. The smallest absolute Gasteiger partial charge is 0.462 e. The summed E-state index contributed by atoms with van der Waals surface area (Å²) in [6.07, 6.45) is 15.9. The van der Waals surface area contributed by atoms with Gasteiger partial charge < -0.3 is 55.3 Å². The molecule has 0 spiro atoms. The van der Waals surface area contributed by atoms with Crippen molar-refractivity contribution in [1.29, 1.82) is 0 Å². The van der Waals surface area contributed by atoms with Gasteiger partial charge in [-0.05, 0) is 44.1 Å². The lowest BCUT2D eigenvalue weighted by Gasteiger charge is -2.21. The van der Waals surface area contributed by atoms with Crippen molar-refractivity contribution in [2.45, 2.75) is 160 Å². The molecular formula is C45H73N3O18P2. The van der Waals surface area contributed by atoms with Crippen molar-refractivity contribution in [2.24, 2.45) is 5.92 Å². The number of hydrogen-bond donors (Lipinski definition) is 8. The van der Waals surface area contributed by atoms with E-state index in [0.29, 0.717) is 18.8 Å². The maximum atomic E-state index is 12.8. The highest BCUT2D eigenvalue weighted by atomic mass is 31.3. The minimum atomic E-state index is -5.49. The van der Waals surface area contributed by atoms with Crippen LogP contribution in [0, 0.1) is 5.92 Å². The molecule has 0 saturated carbocycles. The summed E-state index contributed by atoms with van der Waals surface area (Å²) in [6.45, 7) is 3.77. The van der Waals surface area contributed by atoms with Crippen LogP contribution in [0.15, 0.2) is 77.8 Å². The first kappa shape index (κ1) is 60.5. The first-order valence-electron chi connectivity index (χ1n) is 23.0. The van der Waals surface area contributed by atoms with Crippen LogP contribution in [0.3, 0.4) is 0 Å². The van der Waals surface area contributed by atoms with Crippen LogP contribution >= 0.6 is 15.6 Å². The standard InChI is InChI=1S/C45H73N3O18P2/c1-4-5-15-22-34(49)23-17-12-9-10-13-18-24-36(50)37(51)25-20-27-40(52)61-30-35(64-41(53)26-19-14-8-6-7-11-16-21-33(2)3)31-62-67(57,58)66-68(59,60)63-32-38-42(54)43(55)44(65-38)48-29-28-39(46)47-45(48)56/h5,9-10,12-13,15,17-18,23-24,28-29,33-38,42-44,49-51,54-55H,4,6-8,11,14,16,19-22,25-27,30-32H2,1-3H3,(H,57,58)(H,59,60)(H2,46,47,56)/b12-9+,13-10-,15-5-,23-17+,24-18-/t34-,35-,36+,37+,38-,42-,43-,44-/m1/s1. The number of carbonyl (C=O) groups excluding carboxylic acids is 2. The molecule has 1 aliphatic heterocycles. The Hall–Kier alpha value is -3.66. The number of esters is 2. The number of rotatable bonds is 35. The largest absolute Gasteiger partial charge is 0.481 e. The van der Waals surface area contributed by atoms with Crippen LogP contribution in [0.2, 0.25) is 0 Å². The van der Waals surface area contributed by atoms with E-state index < -0.39 is 102 Å². The van der Waals surface area contributed by atoms with Gasteiger partial charge in [0, 0.05) is 19.0 Å². The Morgan fingerprint density at radius 3 is 2.10 bits per heavy atom. The fourth-order valence-electron chi connectivity index (χ4n) is 6.43. The molecule has 10 atom stereocenters. The lowest BCUT2D eigenvalue weighted by molar-refractivity contribution is -0.161. The summed E-state index contributed by atoms with van der Waals surface area (Å²) in [6, 6.07) is 1.22. The molecule has 2 rings (SSSR count). The first-order valence-corrected chi connectivity index (χ1v) is 26.0. The molecule has 1 saturated heterocycles. The lowest BCUT2D eigenvalue weighted by atomic mass is 10.0. The van der Waals surface area contributed by atoms with Gasteiger partial charge in [-0.15, -0.1) is 0 Å². The zero-order valence-electron chi connectivity index (χ0n) is 39.1. The molecule has 386 valence electrons. The number of unbranched alkanes of at least 4 members (excludes halogenated alkanes) is 6. The highest BCUT2D eigenvalue weighted by Crippen LogP contribution is 2.60. The molecule has 0 radical (unpaired) electrons. The van der Waals surface area contributed by atoms with E-state index in [0.717, 1.165) is 55.7 Å². The molecule has 1 fully saturated rings. The number of nitrogens with zero attached hydrogens (tertiary/aromatic N) is 2. The number of nitrogens with two attached hydrogens (primary N) is 1. The molecule has 68 heavy (non-hydrogen) atoms. The normalized spacial score (nSPS) is 21.5. The Morgan fingerprint density at radius 2 is 1.44 bits per heavy atom. The SMILES string of the molecule is CC/C=C\C[C@@H](O)/C=C/C=C/C=C\C=C/[C@H](O)[C@@H](O)CCCC(=O)OC[C@H](COP(=O)(O)OP(=O)(O)OC[C@H]1O[C@@H](n2ccc(N)nc2=O)[C@H](O)[C@@H]1O)OC(=O)CCCCCCCCCC(C)C. The van der Waals surface area contributed by atoms with Gasteiger partial charge in [-0.1, -0.05) is 126 Å².